The molecule has 0 bridgehead atoms. The minimum atomic E-state index is -0.320. The van der Waals surface area contributed by atoms with Gasteiger partial charge < -0.3 is 19.9 Å². The lowest BCUT2D eigenvalue weighted by Crippen LogP contribution is -2.40. The number of amides is 3. The summed E-state index contributed by atoms with van der Waals surface area (Å²) in [6.45, 7) is 3.69. The van der Waals surface area contributed by atoms with Crippen LogP contribution in [-0.2, 0) is 11.3 Å². The lowest BCUT2D eigenvalue weighted by atomic mass is 10.1. The second-order valence-corrected chi connectivity index (χ2v) is 8.43. The average molecular weight is 473 g/mol. The maximum atomic E-state index is 13.4. The number of rotatable bonds is 5. The Morgan fingerprint density at radius 1 is 0.943 bits per heavy atom. The standard InChI is InChI=1S/C26H28N6O3/c1-27-26(34)28-23-18-24-31(9-10-32(24)29-23)22-16-20(8-7-19-5-3-2-4-6-19)15-21(17-22)25(33)30-11-13-35-14-12-30/h2-8,15-18H,9-14H2,1H3,(H2,27,28,29,34). The van der Waals surface area contributed by atoms with Crippen molar-refractivity contribution >= 4 is 41.4 Å². The van der Waals surface area contributed by atoms with Crippen molar-refractivity contribution in [3.63, 3.8) is 0 Å². The summed E-state index contributed by atoms with van der Waals surface area (Å²) in [5, 5.41) is 9.74. The van der Waals surface area contributed by atoms with E-state index in [1.54, 1.807) is 7.05 Å². The Labute approximate surface area is 204 Å². The summed E-state index contributed by atoms with van der Waals surface area (Å²) < 4.78 is 7.28. The molecular formula is C26H28N6O3. The van der Waals surface area contributed by atoms with E-state index in [-0.39, 0.29) is 11.9 Å². The van der Waals surface area contributed by atoms with Crippen LogP contribution in [0.25, 0.3) is 12.2 Å². The SMILES string of the molecule is CNC(=O)Nc1cc2n(n1)CCN2c1cc(C=Cc2ccccc2)cc(C(=O)N2CCOCC2)c1. The molecule has 9 heteroatoms. The number of carbonyl (C=O) groups is 2. The molecule has 0 unspecified atom stereocenters. The van der Waals surface area contributed by atoms with E-state index in [1.165, 1.54) is 0 Å². The van der Waals surface area contributed by atoms with Crippen LogP contribution in [0.3, 0.4) is 0 Å². The monoisotopic (exact) mass is 472 g/mol. The summed E-state index contributed by atoms with van der Waals surface area (Å²) in [7, 11) is 1.56. The van der Waals surface area contributed by atoms with Crippen LogP contribution in [-0.4, -0.2) is 66.5 Å². The van der Waals surface area contributed by atoms with Crippen LogP contribution in [0.4, 0.5) is 22.1 Å². The Morgan fingerprint density at radius 2 is 1.71 bits per heavy atom. The zero-order chi connectivity index (χ0) is 24.2. The first-order valence-electron chi connectivity index (χ1n) is 11.7. The zero-order valence-corrected chi connectivity index (χ0v) is 19.6. The molecule has 1 saturated heterocycles. The van der Waals surface area contributed by atoms with Crippen molar-refractivity contribution in [3.8, 4) is 0 Å². The highest BCUT2D eigenvalue weighted by atomic mass is 16.5. The van der Waals surface area contributed by atoms with Gasteiger partial charge in [-0.05, 0) is 29.3 Å². The van der Waals surface area contributed by atoms with Gasteiger partial charge in [-0.1, -0.05) is 42.5 Å². The molecule has 35 heavy (non-hydrogen) atoms. The lowest BCUT2D eigenvalue weighted by molar-refractivity contribution is 0.0303. The van der Waals surface area contributed by atoms with Crippen molar-refractivity contribution in [2.45, 2.75) is 6.54 Å². The number of morpholine rings is 1. The number of nitrogens with zero attached hydrogens (tertiary/aromatic N) is 4. The first-order valence-corrected chi connectivity index (χ1v) is 11.7. The van der Waals surface area contributed by atoms with E-state index in [4.69, 9.17) is 4.74 Å². The second kappa shape index (κ2) is 10.0. The maximum absolute atomic E-state index is 13.4. The highest BCUT2D eigenvalue weighted by Crippen LogP contribution is 2.34. The highest BCUT2D eigenvalue weighted by Gasteiger charge is 2.26. The van der Waals surface area contributed by atoms with Crippen molar-refractivity contribution in [1.29, 1.82) is 0 Å². The van der Waals surface area contributed by atoms with E-state index in [2.05, 4.69) is 26.7 Å². The number of ether oxygens (including phenoxy) is 1. The van der Waals surface area contributed by atoms with Gasteiger partial charge in [0, 0.05) is 44.0 Å². The van der Waals surface area contributed by atoms with Gasteiger partial charge in [-0.15, -0.1) is 0 Å². The largest absolute Gasteiger partial charge is 0.378 e. The number of hydrogen-bond donors (Lipinski definition) is 2. The van der Waals surface area contributed by atoms with E-state index in [0.29, 0.717) is 44.2 Å². The van der Waals surface area contributed by atoms with Crippen LogP contribution < -0.4 is 15.5 Å². The fourth-order valence-corrected chi connectivity index (χ4v) is 4.32. The molecule has 2 aromatic carbocycles. The van der Waals surface area contributed by atoms with E-state index in [0.717, 1.165) is 29.2 Å². The van der Waals surface area contributed by atoms with Gasteiger partial charge >= 0.3 is 6.03 Å². The van der Waals surface area contributed by atoms with Gasteiger partial charge in [-0.25, -0.2) is 9.48 Å². The number of urea groups is 1. The zero-order valence-electron chi connectivity index (χ0n) is 19.6. The third-order valence-electron chi connectivity index (χ3n) is 6.10. The molecule has 2 N–H and O–H groups in total. The highest BCUT2D eigenvalue weighted by molar-refractivity contribution is 5.96. The molecule has 0 aliphatic carbocycles. The molecule has 0 atom stereocenters. The molecule has 0 spiro atoms. The fourth-order valence-electron chi connectivity index (χ4n) is 4.32. The number of anilines is 3. The topological polar surface area (TPSA) is 91.7 Å². The molecule has 3 heterocycles. The number of carbonyl (C=O) groups excluding carboxylic acids is 2. The van der Waals surface area contributed by atoms with Gasteiger partial charge in [0.2, 0.25) is 0 Å². The Morgan fingerprint density at radius 3 is 2.49 bits per heavy atom. The number of nitrogens with one attached hydrogen (secondary N) is 2. The summed E-state index contributed by atoms with van der Waals surface area (Å²) in [6, 6.07) is 17.5. The Balaban J connectivity index is 1.49. The predicted molar refractivity (Wildman–Crippen MR) is 136 cm³/mol. The summed E-state index contributed by atoms with van der Waals surface area (Å²) in [5.74, 6) is 1.35. The van der Waals surface area contributed by atoms with Crippen LogP contribution in [0, 0.1) is 0 Å². The van der Waals surface area contributed by atoms with Crippen LogP contribution in [0.2, 0.25) is 0 Å². The molecule has 9 nitrogen and oxygen atoms in total. The average Bonchev–Trinajstić information content (AvgIpc) is 3.48. The quantitative estimate of drug-likeness (QED) is 0.555. The predicted octanol–water partition coefficient (Wildman–Crippen LogP) is 3.43. The minimum Gasteiger partial charge on any atom is -0.378 e. The van der Waals surface area contributed by atoms with Crippen LogP contribution in [0.5, 0.6) is 0 Å². The van der Waals surface area contributed by atoms with E-state index < -0.39 is 0 Å². The molecule has 1 aromatic heterocycles. The smallest absolute Gasteiger partial charge is 0.320 e. The molecule has 0 saturated carbocycles. The first kappa shape index (κ1) is 22.7. The van der Waals surface area contributed by atoms with Gasteiger partial charge in [0.25, 0.3) is 5.91 Å². The molecular weight excluding hydrogens is 444 g/mol. The number of benzene rings is 2. The third kappa shape index (κ3) is 5.04. The van der Waals surface area contributed by atoms with Crippen molar-refractivity contribution < 1.29 is 14.3 Å². The van der Waals surface area contributed by atoms with Crippen LogP contribution >= 0.6 is 0 Å². The fraction of sp³-hybridized carbons (Fsp3) is 0.269. The normalized spacial score (nSPS) is 15.3. The summed E-state index contributed by atoms with van der Waals surface area (Å²) in [5.41, 5.74) is 3.56. The molecule has 3 aromatic rings. The van der Waals surface area contributed by atoms with Crippen LogP contribution in [0.15, 0.2) is 54.6 Å². The second-order valence-electron chi connectivity index (χ2n) is 8.43. The molecule has 3 amide bonds. The van der Waals surface area contributed by atoms with Gasteiger partial charge in [-0.2, -0.15) is 5.10 Å². The van der Waals surface area contributed by atoms with Gasteiger partial charge in [-0.3, -0.25) is 10.1 Å². The van der Waals surface area contributed by atoms with Crippen molar-refractivity contribution in [2.75, 3.05) is 50.1 Å². The number of aromatic nitrogens is 2. The number of hydrogen-bond acceptors (Lipinski definition) is 5. The van der Waals surface area contributed by atoms with Crippen LogP contribution in [0.1, 0.15) is 21.5 Å². The van der Waals surface area contributed by atoms with Gasteiger partial charge in [0.05, 0.1) is 19.8 Å². The Kier molecular flexibility index (Phi) is 6.49. The summed E-state index contributed by atoms with van der Waals surface area (Å²) >= 11 is 0. The first-order chi connectivity index (χ1) is 17.1. The lowest BCUT2D eigenvalue weighted by Gasteiger charge is -2.27. The molecule has 2 aliphatic heterocycles. The molecule has 5 rings (SSSR count). The van der Waals surface area contributed by atoms with Crippen molar-refractivity contribution in [3.05, 3.63) is 71.3 Å². The summed E-state index contributed by atoms with van der Waals surface area (Å²) in [4.78, 5) is 29.0. The molecule has 1 fully saturated rings. The Hall–Kier alpha value is -4.11. The Bertz CT molecular complexity index is 1250. The van der Waals surface area contributed by atoms with E-state index in [1.807, 2.05) is 70.3 Å². The maximum Gasteiger partial charge on any atom is 0.320 e. The van der Waals surface area contributed by atoms with E-state index in [9.17, 15) is 9.59 Å². The van der Waals surface area contributed by atoms with Gasteiger partial charge in [0.15, 0.2) is 5.82 Å². The summed E-state index contributed by atoms with van der Waals surface area (Å²) in [6.07, 6.45) is 4.07. The molecule has 0 radical (unpaired) electrons. The molecule has 2 aliphatic rings. The van der Waals surface area contributed by atoms with Crippen molar-refractivity contribution in [2.24, 2.45) is 0 Å². The third-order valence-corrected chi connectivity index (χ3v) is 6.10. The van der Waals surface area contributed by atoms with Crippen molar-refractivity contribution in [1.82, 2.24) is 20.0 Å². The van der Waals surface area contributed by atoms with E-state index >= 15 is 0 Å². The molecule has 180 valence electrons. The number of fused-ring (bicyclic) bond motifs is 1. The minimum absolute atomic E-state index is 0.000752. The van der Waals surface area contributed by atoms with Gasteiger partial charge in [0.1, 0.15) is 5.82 Å².